The Bertz CT molecular complexity index is 938. The van der Waals surface area contributed by atoms with Crippen molar-refractivity contribution in [2.75, 3.05) is 29.0 Å². The van der Waals surface area contributed by atoms with Gasteiger partial charge in [0.05, 0.1) is 10.9 Å². The van der Waals surface area contributed by atoms with E-state index in [1.165, 1.54) is 4.90 Å². The van der Waals surface area contributed by atoms with Gasteiger partial charge >= 0.3 is 6.09 Å². The van der Waals surface area contributed by atoms with Crippen molar-refractivity contribution in [1.82, 2.24) is 14.9 Å². The first-order valence-corrected chi connectivity index (χ1v) is 9.74. The van der Waals surface area contributed by atoms with E-state index in [9.17, 15) is 14.7 Å². The predicted molar refractivity (Wildman–Crippen MR) is 108 cm³/mol. The average molecular weight is 447 g/mol. The lowest BCUT2D eigenvalue weighted by molar-refractivity contribution is -0.115. The van der Waals surface area contributed by atoms with Crippen LogP contribution in [0.1, 0.15) is 18.4 Å². The number of halogens is 1. The number of piperidine rings is 1. The third-order valence-corrected chi connectivity index (χ3v) is 5.34. The van der Waals surface area contributed by atoms with Gasteiger partial charge in [-0.15, -0.1) is 0 Å². The van der Waals surface area contributed by atoms with Gasteiger partial charge in [-0.05, 0) is 52.5 Å². The molecule has 1 unspecified atom stereocenters. The molecule has 2 aliphatic heterocycles. The second-order valence-corrected chi connectivity index (χ2v) is 7.68. The minimum absolute atomic E-state index is 0.0126. The number of carbonyl (C=O) groups excluding carboxylic acids is 1. The fourth-order valence-electron chi connectivity index (χ4n) is 3.43. The Labute approximate surface area is 169 Å². The Morgan fingerprint density at radius 3 is 3.07 bits per heavy atom. The van der Waals surface area contributed by atoms with Crippen molar-refractivity contribution in [3.63, 3.8) is 0 Å². The Balaban J connectivity index is 1.47. The lowest BCUT2D eigenvalue weighted by Gasteiger charge is -2.31. The molecule has 2 amide bonds. The molecule has 28 heavy (non-hydrogen) atoms. The second-order valence-electron chi connectivity index (χ2n) is 6.82. The van der Waals surface area contributed by atoms with Gasteiger partial charge in [0.15, 0.2) is 0 Å². The first-order chi connectivity index (χ1) is 13.5. The van der Waals surface area contributed by atoms with E-state index in [4.69, 9.17) is 0 Å². The van der Waals surface area contributed by atoms with Crippen LogP contribution in [-0.4, -0.2) is 51.1 Å². The minimum Gasteiger partial charge on any atom is -0.465 e. The van der Waals surface area contributed by atoms with Gasteiger partial charge < -0.3 is 26.0 Å². The predicted octanol–water partition coefficient (Wildman–Crippen LogP) is 3.03. The number of carboxylic acid groups (broad SMARTS) is 1. The molecule has 4 rings (SSSR count). The van der Waals surface area contributed by atoms with Crippen molar-refractivity contribution >= 4 is 51.1 Å². The summed E-state index contributed by atoms with van der Waals surface area (Å²) in [6.45, 7) is 0.974. The number of benzene rings is 1. The molecule has 9 nitrogen and oxygen atoms in total. The molecule has 1 saturated heterocycles. The Morgan fingerprint density at radius 1 is 1.39 bits per heavy atom. The Hall–Kier alpha value is -2.88. The molecule has 0 spiro atoms. The van der Waals surface area contributed by atoms with Gasteiger partial charge in [0.1, 0.15) is 5.82 Å². The average Bonchev–Trinajstić information content (AvgIpc) is 3.04. The number of likely N-dealkylation sites (tertiary alicyclic amines) is 1. The molecule has 0 radical (unpaired) electrons. The maximum atomic E-state index is 11.5. The second kappa shape index (κ2) is 7.63. The molecule has 2 aromatic rings. The summed E-state index contributed by atoms with van der Waals surface area (Å²) in [5.74, 6) is 1.00. The normalized spacial score (nSPS) is 18.4. The highest BCUT2D eigenvalue weighted by Gasteiger charge is 2.24. The molecule has 1 aromatic carbocycles. The van der Waals surface area contributed by atoms with Crippen LogP contribution in [0.3, 0.4) is 0 Å². The largest absolute Gasteiger partial charge is 0.465 e. The molecule has 0 saturated carbocycles. The maximum Gasteiger partial charge on any atom is 0.407 e. The van der Waals surface area contributed by atoms with Crippen LogP contribution >= 0.6 is 15.9 Å². The van der Waals surface area contributed by atoms with E-state index < -0.39 is 6.09 Å². The fourth-order valence-corrected chi connectivity index (χ4v) is 3.73. The number of hydrogen-bond acceptors (Lipinski definition) is 6. The molecule has 4 N–H and O–H groups in total. The molecule has 146 valence electrons. The SMILES string of the molecule is O=C1Cc2cc(Nc3ncc(Br)c(NC4CCCN(C(=O)O)C4)n3)ccc2N1. The van der Waals surface area contributed by atoms with Crippen LogP contribution in [0.25, 0.3) is 0 Å². The number of nitrogens with one attached hydrogen (secondary N) is 3. The first kappa shape index (κ1) is 18.5. The lowest BCUT2D eigenvalue weighted by Crippen LogP contribution is -2.44. The number of aromatic nitrogens is 2. The highest BCUT2D eigenvalue weighted by atomic mass is 79.9. The molecule has 2 aliphatic rings. The molecular formula is C18H19BrN6O3. The summed E-state index contributed by atoms with van der Waals surface area (Å²) in [6.07, 6.45) is 2.78. The van der Waals surface area contributed by atoms with Gasteiger partial charge in [-0.3, -0.25) is 4.79 Å². The molecule has 0 bridgehead atoms. The van der Waals surface area contributed by atoms with E-state index in [1.54, 1.807) is 6.20 Å². The summed E-state index contributed by atoms with van der Waals surface area (Å²) in [6, 6.07) is 5.59. The summed E-state index contributed by atoms with van der Waals surface area (Å²) in [5.41, 5.74) is 2.55. The number of anilines is 4. The van der Waals surface area contributed by atoms with Gasteiger partial charge in [0, 0.05) is 36.7 Å². The smallest absolute Gasteiger partial charge is 0.407 e. The summed E-state index contributed by atoms with van der Waals surface area (Å²) in [4.78, 5) is 32.9. The van der Waals surface area contributed by atoms with Crippen molar-refractivity contribution in [2.45, 2.75) is 25.3 Å². The van der Waals surface area contributed by atoms with Gasteiger partial charge in [-0.25, -0.2) is 9.78 Å². The van der Waals surface area contributed by atoms with E-state index in [1.807, 2.05) is 18.2 Å². The maximum absolute atomic E-state index is 11.5. The number of carbonyl (C=O) groups is 2. The van der Waals surface area contributed by atoms with Crippen LogP contribution in [0, 0.1) is 0 Å². The van der Waals surface area contributed by atoms with Crippen LogP contribution in [0.5, 0.6) is 0 Å². The van der Waals surface area contributed by atoms with Crippen LogP contribution in [0.15, 0.2) is 28.9 Å². The Morgan fingerprint density at radius 2 is 2.25 bits per heavy atom. The molecule has 0 aliphatic carbocycles. The van der Waals surface area contributed by atoms with Gasteiger partial charge in [-0.1, -0.05) is 0 Å². The van der Waals surface area contributed by atoms with E-state index in [0.29, 0.717) is 35.7 Å². The zero-order valence-electron chi connectivity index (χ0n) is 14.9. The minimum atomic E-state index is -0.903. The third kappa shape index (κ3) is 4.01. The van der Waals surface area contributed by atoms with Crippen LogP contribution in [0.2, 0.25) is 0 Å². The number of rotatable bonds is 4. The molecule has 10 heteroatoms. The van der Waals surface area contributed by atoms with Crippen molar-refractivity contribution in [3.05, 3.63) is 34.4 Å². The first-order valence-electron chi connectivity index (χ1n) is 8.94. The van der Waals surface area contributed by atoms with E-state index in [-0.39, 0.29) is 11.9 Å². The van der Waals surface area contributed by atoms with Gasteiger partial charge in [-0.2, -0.15) is 4.98 Å². The molecule has 3 heterocycles. The lowest BCUT2D eigenvalue weighted by atomic mass is 10.1. The monoisotopic (exact) mass is 446 g/mol. The molecular weight excluding hydrogens is 428 g/mol. The highest BCUT2D eigenvalue weighted by Crippen LogP contribution is 2.28. The zero-order chi connectivity index (χ0) is 19.7. The fraction of sp³-hybridized carbons (Fsp3) is 0.333. The van der Waals surface area contributed by atoms with E-state index >= 15 is 0 Å². The van der Waals surface area contributed by atoms with Gasteiger partial charge in [0.25, 0.3) is 0 Å². The van der Waals surface area contributed by atoms with E-state index in [0.717, 1.165) is 29.8 Å². The molecule has 1 atom stereocenters. The molecule has 1 aromatic heterocycles. The van der Waals surface area contributed by atoms with Crippen molar-refractivity contribution in [2.24, 2.45) is 0 Å². The van der Waals surface area contributed by atoms with Crippen molar-refractivity contribution < 1.29 is 14.7 Å². The zero-order valence-corrected chi connectivity index (χ0v) is 16.5. The summed E-state index contributed by atoms with van der Waals surface area (Å²) >= 11 is 3.44. The number of amides is 2. The van der Waals surface area contributed by atoms with Crippen LogP contribution < -0.4 is 16.0 Å². The Kier molecular flexibility index (Phi) is 5.03. The van der Waals surface area contributed by atoms with E-state index in [2.05, 4.69) is 41.8 Å². The van der Waals surface area contributed by atoms with Crippen LogP contribution in [-0.2, 0) is 11.2 Å². The number of nitrogens with zero attached hydrogens (tertiary/aromatic N) is 3. The van der Waals surface area contributed by atoms with Crippen LogP contribution in [0.4, 0.5) is 27.9 Å². The highest BCUT2D eigenvalue weighted by molar-refractivity contribution is 9.10. The van der Waals surface area contributed by atoms with Crippen molar-refractivity contribution in [1.29, 1.82) is 0 Å². The van der Waals surface area contributed by atoms with Crippen molar-refractivity contribution in [3.8, 4) is 0 Å². The molecule has 1 fully saturated rings. The summed E-state index contributed by atoms with van der Waals surface area (Å²) in [7, 11) is 0. The topological polar surface area (TPSA) is 119 Å². The standard InChI is InChI=1S/C18H19BrN6O3/c19-13-8-20-17(22-11-3-4-14-10(6-11)7-15(26)23-14)24-16(13)21-12-2-1-5-25(9-12)18(27)28/h3-4,6,8,12H,1-2,5,7,9H2,(H,23,26)(H,27,28)(H2,20,21,22,24). The third-order valence-electron chi connectivity index (χ3n) is 4.76. The number of fused-ring (bicyclic) bond motifs is 1. The quantitative estimate of drug-likeness (QED) is 0.569. The summed E-state index contributed by atoms with van der Waals surface area (Å²) in [5, 5.41) is 18.5. The summed E-state index contributed by atoms with van der Waals surface area (Å²) < 4.78 is 0.703. The van der Waals surface area contributed by atoms with Gasteiger partial charge in [0.2, 0.25) is 11.9 Å². The number of hydrogen-bond donors (Lipinski definition) is 4.